The Morgan fingerprint density at radius 3 is 2.95 bits per heavy atom. The minimum Gasteiger partial charge on any atom is -0.463 e. The largest absolute Gasteiger partial charge is 0.463 e. The molecule has 0 aliphatic carbocycles. The lowest BCUT2D eigenvalue weighted by molar-refractivity contribution is -0.149. The number of esters is 1. The van der Waals surface area contributed by atoms with Crippen LogP contribution in [-0.2, 0) is 20.7 Å². The van der Waals surface area contributed by atoms with E-state index in [1.807, 2.05) is 24.3 Å². The van der Waals surface area contributed by atoms with Crippen molar-refractivity contribution in [1.82, 2.24) is 0 Å². The highest BCUT2D eigenvalue weighted by molar-refractivity contribution is 5.75. The number of hydrogen-bond donors (Lipinski definition) is 1. The highest BCUT2D eigenvalue weighted by atomic mass is 16.6. The molecule has 0 aromatic heterocycles. The van der Waals surface area contributed by atoms with Crippen LogP contribution in [0.15, 0.2) is 24.3 Å². The third-order valence-corrected chi connectivity index (χ3v) is 3.28. The number of carbonyl (C=O) groups is 1. The van der Waals surface area contributed by atoms with Gasteiger partial charge in [-0.2, -0.15) is 0 Å². The van der Waals surface area contributed by atoms with Crippen molar-refractivity contribution in [2.24, 2.45) is 11.8 Å². The first kappa shape index (κ1) is 14.9. The molecule has 110 valence electrons. The first-order chi connectivity index (χ1) is 9.66. The van der Waals surface area contributed by atoms with Gasteiger partial charge in [-0.15, -0.1) is 0 Å². The molecule has 0 spiro atoms. The van der Waals surface area contributed by atoms with Gasteiger partial charge >= 0.3 is 5.97 Å². The van der Waals surface area contributed by atoms with Crippen molar-refractivity contribution in [2.45, 2.75) is 20.3 Å². The van der Waals surface area contributed by atoms with Gasteiger partial charge in [0.25, 0.3) is 0 Å². The van der Waals surface area contributed by atoms with Gasteiger partial charge in [-0.25, -0.2) is 0 Å². The number of hydrogen-bond acceptors (Lipinski definition) is 4. The molecular formula is C16H23NO3. The molecule has 1 unspecified atom stereocenters. The third kappa shape index (κ3) is 4.23. The predicted molar refractivity (Wildman–Crippen MR) is 78.7 cm³/mol. The van der Waals surface area contributed by atoms with E-state index < -0.39 is 0 Å². The molecule has 4 heteroatoms. The van der Waals surface area contributed by atoms with Crippen molar-refractivity contribution in [3.63, 3.8) is 0 Å². The SMILES string of the molecule is CC(C)COCCOC(=O)C1CNc2ccccc2C1. The Balaban J connectivity index is 1.72. The average molecular weight is 277 g/mol. The number of rotatable bonds is 6. The molecule has 1 atom stereocenters. The Hall–Kier alpha value is -1.55. The number of carbonyl (C=O) groups excluding carboxylic acids is 1. The van der Waals surface area contributed by atoms with Crippen molar-refractivity contribution in [2.75, 3.05) is 31.7 Å². The van der Waals surface area contributed by atoms with Gasteiger partial charge in [0.05, 0.1) is 12.5 Å². The van der Waals surface area contributed by atoms with Crippen LogP contribution >= 0.6 is 0 Å². The van der Waals surface area contributed by atoms with E-state index in [9.17, 15) is 4.79 Å². The maximum atomic E-state index is 12.0. The molecule has 1 aliphatic rings. The summed E-state index contributed by atoms with van der Waals surface area (Å²) in [4.78, 5) is 12.0. The van der Waals surface area contributed by atoms with E-state index in [4.69, 9.17) is 9.47 Å². The minimum absolute atomic E-state index is 0.102. The fourth-order valence-electron chi connectivity index (χ4n) is 2.25. The number of para-hydroxylation sites is 1. The van der Waals surface area contributed by atoms with Gasteiger partial charge in [-0.05, 0) is 24.0 Å². The lowest BCUT2D eigenvalue weighted by atomic mass is 9.94. The van der Waals surface area contributed by atoms with Crippen LogP contribution in [0.25, 0.3) is 0 Å². The normalized spacial score (nSPS) is 17.4. The number of fused-ring (bicyclic) bond motifs is 1. The highest BCUT2D eigenvalue weighted by Gasteiger charge is 2.25. The zero-order valence-electron chi connectivity index (χ0n) is 12.2. The van der Waals surface area contributed by atoms with Gasteiger partial charge in [0.2, 0.25) is 0 Å². The summed E-state index contributed by atoms with van der Waals surface area (Å²) >= 11 is 0. The maximum Gasteiger partial charge on any atom is 0.311 e. The Morgan fingerprint density at radius 2 is 2.15 bits per heavy atom. The lowest BCUT2D eigenvalue weighted by Crippen LogP contribution is -2.31. The van der Waals surface area contributed by atoms with Crippen LogP contribution in [0, 0.1) is 11.8 Å². The number of ether oxygens (including phenoxy) is 2. The van der Waals surface area contributed by atoms with Gasteiger partial charge in [0, 0.05) is 18.8 Å². The molecule has 1 N–H and O–H groups in total. The maximum absolute atomic E-state index is 12.0. The van der Waals surface area contributed by atoms with E-state index in [0.717, 1.165) is 12.1 Å². The van der Waals surface area contributed by atoms with Crippen LogP contribution in [0.3, 0.4) is 0 Å². The highest BCUT2D eigenvalue weighted by Crippen LogP contribution is 2.24. The fraction of sp³-hybridized carbons (Fsp3) is 0.562. The molecule has 1 heterocycles. The van der Waals surface area contributed by atoms with E-state index in [1.165, 1.54) is 5.56 Å². The number of anilines is 1. The smallest absolute Gasteiger partial charge is 0.311 e. The Kier molecular flexibility index (Phi) is 5.41. The molecule has 1 aromatic carbocycles. The van der Waals surface area contributed by atoms with Gasteiger partial charge < -0.3 is 14.8 Å². The van der Waals surface area contributed by atoms with E-state index in [0.29, 0.717) is 32.3 Å². The van der Waals surface area contributed by atoms with Crippen LogP contribution in [-0.4, -0.2) is 32.3 Å². The summed E-state index contributed by atoms with van der Waals surface area (Å²) in [5, 5.41) is 3.28. The van der Waals surface area contributed by atoms with Crippen molar-refractivity contribution < 1.29 is 14.3 Å². The average Bonchev–Trinajstić information content (AvgIpc) is 2.46. The van der Waals surface area contributed by atoms with Crippen LogP contribution in [0.2, 0.25) is 0 Å². The summed E-state index contributed by atoms with van der Waals surface area (Å²) in [6.07, 6.45) is 0.745. The Bertz CT molecular complexity index is 445. The monoisotopic (exact) mass is 277 g/mol. The van der Waals surface area contributed by atoms with Crippen LogP contribution in [0.5, 0.6) is 0 Å². The van der Waals surface area contributed by atoms with Gasteiger partial charge in [-0.1, -0.05) is 32.0 Å². The van der Waals surface area contributed by atoms with Crippen molar-refractivity contribution in [3.05, 3.63) is 29.8 Å². The zero-order valence-corrected chi connectivity index (χ0v) is 12.2. The van der Waals surface area contributed by atoms with E-state index in [-0.39, 0.29) is 11.9 Å². The zero-order chi connectivity index (χ0) is 14.4. The molecule has 1 aromatic rings. The van der Waals surface area contributed by atoms with Gasteiger partial charge in [0.1, 0.15) is 6.61 Å². The molecule has 0 saturated carbocycles. The van der Waals surface area contributed by atoms with Crippen molar-refractivity contribution in [1.29, 1.82) is 0 Å². The molecular weight excluding hydrogens is 254 g/mol. The van der Waals surface area contributed by atoms with E-state index in [1.54, 1.807) is 0 Å². The molecule has 0 bridgehead atoms. The lowest BCUT2D eigenvalue weighted by Gasteiger charge is -2.24. The summed E-state index contributed by atoms with van der Waals surface area (Å²) in [5.41, 5.74) is 2.30. The van der Waals surface area contributed by atoms with Gasteiger partial charge in [0.15, 0.2) is 0 Å². The summed E-state index contributed by atoms with van der Waals surface area (Å²) in [6.45, 7) is 6.34. The van der Waals surface area contributed by atoms with Crippen LogP contribution in [0.4, 0.5) is 5.69 Å². The van der Waals surface area contributed by atoms with E-state index >= 15 is 0 Å². The fourth-order valence-corrected chi connectivity index (χ4v) is 2.25. The number of benzene rings is 1. The molecule has 4 nitrogen and oxygen atoms in total. The summed E-state index contributed by atoms with van der Waals surface area (Å²) in [6, 6.07) is 8.08. The third-order valence-electron chi connectivity index (χ3n) is 3.28. The second kappa shape index (κ2) is 7.29. The summed E-state index contributed by atoms with van der Waals surface area (Å²) in [7, 11) is 0. The topological polar surface area (TPSA) is 47.6 Å². The van der Waals surface area contributed by atoms with Crippen molar-refractivity contribution >= 4 is 11.7 Å². The molecule has 2 rings (SSSR count). The van der Waals surface area contributed by atoms with Crippen LogP contribution in [0.1, 0.15) is 19.4 Å². The first-order valence-corrected chi connectivity index (χ1v) is 7.23. The van der Waals surface area contributed by atoms with Gasteiger partial charge in [-0.3, -0.25) is 4.79 Å². The van der Waals surface area contributed by atoms with E-state index in [2.05, 4.69) is 19.2 Å². The second-order valence-corrected chi connectivity index (χ2v) is 5.58. The standard InChI is InChI=1S/C16H23NO3/c1-12(2)11-19-7-8-20-16(18)14-9-13-5-3-4-6-15(13)17-10-14/h3-6,12,14,17H,7-11H2,1-2H3. The van der Waals surface area contributed by atoms with Crippen molar-refractivity contribution in [3.8, 4) is 0 Å². The molecule has 1 aliphatic heterocycles. The quantitative estimate of drug-likeness (QED) is 0.641. The molecule has 0 saturated heterocycles. The Morgan fingerprint density at radius 1 is 1.35 bits per heavy atom. The first-order valence-electron chi connectivity index (χ1n) is 7.23. The second-order valence-electron chi connectivity index (χ2n) is 5.58. The van der Waals surface area contributed by atoms with Crippen LogP contribution < -0.4 is 5.32 Å². The molecule has 0 amide bonds. The molecule has 0 fully saturated rings. The predicted octanol–water partition coefficient (Wildman–Crippen LogP) is 2.49. The summed E-state index contributed by atoms with van der Waals surface area (Å²) < 4.78 is 10.7. The minimum atomic E-state index is -0.139. The molecule has 20 heavy (non-hydrogen) atoms. The molecule has 0 radical (unpaired) electrons. The Labute approximate surface area is 120 Å². The number of nitrogens with one attached hydrogen (secondary N) is 1. The summed E-state index contributed by atoms with van der Waals surface area (Å²) in [5.74, 6) is 0.264.